The molecule has 1 aliphatic rings. The van der Waals surface area contributed by atoms with E-state index >= 15 is 0 Å². The average Bonchev–Trinajstić information content (AvgIpc) is 2.47. The number of ether oxygens (including phenoxy) is 1. The summed E-state index contributed by atoms with van der Waals surface area (Å²) < 4.78 is 5.81. The van der Waals surface area contributed by atoms with Crippen molar-refractivity contribution in [1.82, 2.24) is 0 Å². The van der Waals surface area contributed by atoms with Crippen LogP contribution in [0.4, 0.5) is 11.4 Å². The summed E-state index contributed by atoms with van der Waals surface area (Å²) in [5, 5.41) is 3.54. The van der Waals surface area contributed by atoms with Crippen LogP contribution in [0, 0.1) is 6.92 Å². The van der Waals surface area contributed by atoms with Gasteiger partial charge >= 0.3 is 0 Å². The third-order valence-electron chi connectivity index (χ3n) is 4.19. The summed E-state index contributed by atoms with van der Waals surface area (Å²) in [4.78, 5) is 2.43. The second-order valence-electron chi connectivity index (χ2n) is 6.44. The summed E-state index contributed by atoms with van der Waals surface area (Å²) in [6.07, 6.45) is 4.09. The van der Waals surface area contributed by atoms with E-state index in [0.29, 0.717) is 12.2 Å². The summed E-state index contributed by atoms with van der Waals surface area (Å²) >= 11 is 0. The van der Waals surface area contributed by atoms with E-state index in [-0.39, 0.29) is 0 Å². The molecule has 0 bridgehead atoms. The zero-order valence-corrected chi connectivity index (χ0v) is 14.3. The second-order valence-corrected chi connectivity index (χ2v) is 6.44. The summed E-state index contributed by atoms with van der Waals surface area (Å²) in [7, 11) is 0. The van der Waals surface area contributed by atoms with Crippen molar-refractivity contribution in [3.05, 3.63) is 23.8 Å². The smallest absolute Gasteiger partial charge is 0.0726 e. The Morgan fingerprint density at radius 3 is 2.55 bits per heavy atom. The highest BCUT2D eigenvalue weighted by Crippen LogP contribution is 2.25. The molecule has 2 atom stereocenters. The monoisotopic (exact) mass is 305 g/mol. The van der Waals surface area contributed by atoms with Gasteiger partial charge in [-0.05, 0) is 63.9 Å². The molecule has 124 valence electrons. The van der Waals surface area contributed by atoms with E-state index in [2.05, 4.69) is 49.2 Å². The quantitative estimate of drug-likeness (QED) is 0.760. The SMILES string of the molecule is Cc1cc(N2C[C@@H](C)O[C@@H](C)C2)ccc1NCCCCCN. The molecule has 0 saturated carbocycles. The predicted molar refractivity (Wildman–Crippen MR) is 94.8 cm³/mol. The van der Waals surface area contributed by atoms with Gasteiger partial charge in [0.25, 0.3) is 0 Å². The van der Waals surface area contributed by atoms with Gasteiger partial charge in [0.05, 0.1) is 12.2 Å². The summed E-state index contributed by atoms with van der Waals surface area (Å²) in [6.45, 7) is 10.2. The number of rotatable bonds is 7. The summed E-state index contributed by atoms with van der Waals surface area (Å²) in [6, 6.07) is 6.71. The molecule has 1 fully saturated rings. The first-order chi connectivity index (χ1) is 10.6. The van der Waals surface area contributed by atoms with Gasteiger partial charge in [0.15, 0.2) is 0 Å². The lowest BCUT2D eigenvalue weighted by Gasteiger charge is -2.37. The molecule has 3 N–H and O–H groups in total. The van der Waals surface area contributed by atoms with Crippen LogP contribution < -0.4 is 16.0 Å². The highest BCUT2D eigenvalue weighted by Gasteiger charge is 2.22. The number of benzene rings is 1. The van der Waals surface area contributed by atoms with E-state index in [1.807, 2.05) is 0 Å². The number of nitrogens with one attached hydrogen (secondary N) is 1. The zero-order chi connectivity index (χ0) is 15.9. The summed E-state index contributed by atoms with van der Waals surface area (Å²) in [5.41, 5.74) is 9.37. The molecule has 0 aliphatic carbocycles. The number of hydrogen-bond donors (Lipinski definition) is 2. The molecular formula is C18H31N3O. The molecule has 4 nitrogen and oxygen atoms in total. The first-order valence-corrected chi connectivity index (χ1v) is 8.55. The number of nitrogens with zero attached hydrogens (tertiary/aromatic N) is 1. The molecule has 0 unspecified atom stereocenters. The fourth-order valence-corrected chi connectivity index (χ4v) is 3.10. The van der Waals surface area contributed by atoms with Crippen molar-refractivity contribution in [3.8, 4) is 0 Å². The Hall–Kier alpha value is -1.26. The van der Waals surface area contributed by atoms with Crippen molar-refractivity contribution in [2.45, 2.75) is 52.2 Å². The fourth-order valence-electron chi connectivity index (χ4n) is 3.10. The Morgan fingerprint density at radius 2 is 1.91 bits per heavy atom. The molecule has 0 spiro atoms. The van der Waals surface area contributed by atoms with Crippen LogP contribution in [0.25, 0.3) is 0 Å². The Kier molecular flexibility index (Phi) is 6.52. The van der Waals surface area contributed by atoms with Gasteiger partial charge in [-0.25, -0.2) is 0 Å². The van der Waals surface area contributed by atoms with Crippen molar-refractivity contribution in [1.29, 1.82) is 0 Å². The average molecular weight is 305 g/mol. The van der Waals surface area contributed by atoms with Crippen LogP contribution in [0.3, 0.4) is 0 Å². The molecule has 22 heavy (non-hydrogen) atoms. The topological polar surface area (TPSA) is 50.5 Å². The maximum atomic E-state index is 5.81. The number of nitrogens with two attached hydrogens (primary N) is 1. The molecule has 1 aliphatic heterocycles. The van der Waals surface area contributed by atoms with Gasteiger partial charge in [-0.15, -0.1) is 0 Å². The third-order valence-corrected chi connectivity index (χ3v) is 4.19. The van der Waals surface area contributed by atoms with Crippen molar-refractivity contribution >= 4 is 11.4 Å². The van der Waals surface area contributed by atoms with E-state index in [1.54, 1.807) is 0 Å². The molecule has 4 heteroatoms. The highest BCUT2D eigenvalue weighted by atomic mass is 16.5. The molecular weight excluding hydrogens is 274 g/mol. The maximum absolute atomic E-state index is 5.81. The van der Waals surface area contributed by atoms with E-state index in [9.17, 15) is 0 Å². The van der Waals surface area contributed by atoms with Crippen LogP contribution in [0.5, 0.6) is 0 Å². The highest BCUT2D eigenvalue weighted by molar-refractivity contribution is 5.60. The van der Waals surface area contributed by atoms with Crippen LogP contribution in [-0.4, -0.2) is 38.4 Å². The van der Waals surface area contributed by atoms with Gasteiger partial charge in [0.2, 0.25) is 0 Å². The lowest BCUT2D eigenvalue weighted by Crippen LogP contribution is -2.45. The fraction of sp³-hybridized carbons (Fsp3) is 0.667. The lowest BCUT2D eigenvalue weighted by molar-refractivity contribution is -0.00521. The Bertz CT molecular complexity index is 454. The molecule has 0 amide bonds. The molecule has 1 heterocycles. The van der Waals surface area contributed by atoms with Gasteiger partial charge < -0.3 is 20.7 Å². The predicted octanol–water partition coefficient (Wildman–Crippen LogP) is 3.15. The van der Waals surface area contributed by atoms with Gasteiger partial charge in [-0.2, -0.15) is 0 Å². The molecule has 1 aromatic rings. The van der Waals surface area contributed by atoms with Crippen LogP contribution in [0.2, 0.25) is 0 Å². The van der Waals surface area contributed by atoms with Gasteiger partial charge in [0.1, 0.15) is 0 Å². The molecule has 1 saturated heterocycles. The number of aryl methyl sites for hydroxylation is 1. The normalized spacial score (nSPS) is 21.9. The largest absolute Gasteiger partial charge is 0.385 e. The second kappa shape index (κ2) is 8.39. The minimum absolute atomic E-state index is 0.296. The zero-order valence-electron chi connectivity index (χ0n) is 14.3. The van der Waals surface area contributed by atoms with Crippen molar-refractivity contribution in [2.24, 2.45) is 5.73 Å². The number of hydrogen-bond acceptors (Lipinski definition) is 4. The Balaban J connectivity index is 1.91. The van der Waals surface area contributed by atoms with Crippen LogP contribution in [0.1, 0.15) is 38.7 Å². The molecule has 0 aromatic heterocycles. The van der Waals surface area contributed by atoms with E-state index in [1.165, 1.54) is 29.8 Å². The molecule has 2 rings (SSSR count). The number of anilines is 2. The summed E-state index contributed by atoms with van der Waals surface area (Å²) in [5.74, 6) is 0. The van der Waals surface area contributed by atoms with Gasteiger partial charge in [0, 0.05) is 31.0 Å². The van der Waals surface area contributed by atoms with Crippen LogP contribution in [0.15, 0.2) is 18.2 Å². The number of morpholine rings is 1. The Morgan fingerprint density at radius 1 is 1.18 bits per heavy atom. The van der Waals surface area contributed by atoms with E-state index in [0.717, 1.165) is 32.6 Å². The maximum Gasteiger partial charge on any atom is 0.0726 e. The number of unbranched alkanes of at least 4 members (excludes halogenated alkanes) is 2. The Labute approximate surface area is 135 Å². The van der Waals surface area contributed by atoms with Gasteiger partial charge in [-0.3, -0.25) is 0 Å². The van der Waals surface area contributed by atoms with E-state index in [4.69, 9.17) is 10.5 Å². The van der Waals surface area contributed by atoms with Crippen LogP contribution >= 0.6 is 0 Å². The van der Waals surface area contributed by atoms with Crippen molar-refractivity contribution in [3.63, 3.8) is 0 Å². The third kappa shape index (κ3) is 4.89. The van der Waals surface area contributed by atoms with Crippen molar-refractivity contribution < 1.29 is 4.74 Å². The first-order valence-electron chi connectivity index (χ1n) is 8.55. The molecule has 0 radical (unpaired) electrons. The minimum Gasteiger partial charge on any atom is -0.385 e. The molecule has 1 aromatic carbocycles. The lowest BCUT2D eigenvalue weighted by atomic mass is 10.1. The van der Waals surface area contributed by atoms with Crippen molar-refractivity contribution in [2.75, 3.05) is 36.4 Å². The van der Waals surface area contributed by atoms with Gasteiger partial charge in [-0.1, -0.05) is 6.42 Å². The minimum atomic E-state index is 0.296. The first kappa shape index (κ1) is 17.1. The van der Waals surface area contributed by atoms with E-state index < -0.39 is 0 Å². The van der Waals surface area contributed by atoms with Crippen LogP contribution in [-0.2, 0) is 4.74 Å². The standard InChI is InChI=1S/C18H31N3O/c1-14-11-17(21-12-15(2)22-16(3)13-21)7-8-18(14)20-10-6-4-5-9-19/h7-8,11,15-16,20H,4-6,9-10,12-13,19H2,1-3H3/t15-,16+.